The number of pyridine rings is 1. The van der Waals surface area contributed by atoms with E-state index in [1.54, 1.807) is 25.1 Å². The summed E-state index contributed by atoms with van der Waals surface area (Å²) in [4.78, 5) is 7.37. The molecule has 2 aromatic heterocycles. The molecule has 0 radical (unpaired) electrons. The standard InChI is InChI=1S/C9H7F3N4/c1-5-3-2-4-6(13-5)7-14-8(16-15-7)9(10,11)12/h2-4H,1H3,(H,14,15,16). The lowest BCUT2D eigenvalue weighted by atomic mass is 10.3. The van der Waals surface area contributed by atoms with Crippen molar-refractivity contribution in [1.29, 1.82) is 0 Å². The van der Waals surface area contributed by atoms with Crippen LogP contribution in [0.2, 0.25) is 0 Å². The van der Waals surface area contributed by atoms with E-state index in [-0.39, 0.29) is 5.82 Å². The maximum atomic E-state index is 12.2. The van der Waals surface area contributed by atoms with E-state index in [1.807, 2.05) is 5.10 Å². The number of hydrogen-bond acceptors (Lipinski definition) is 3. The summed E-state index contributed by atoms with van der Waals surface area (Å²) in [5.74, 6) is -1.18. The summed E-state index contributed by atoms with van der Waals surface area (Å²) < 4.78 is 36.7. The van der Waals surface area contributed by atoms with E-state index in [2.05, 4.69) is 15.1 Å². The van der Waals surface area contributed by atoms with Crippen LogP contribution in [0.25, 0.3) is 11.5 Å². The number of nitrogens with zero attached hydrogens (tertiary/aromatic N) is 3. The minimum absolute atomic E-state index is 0.0592. The van der Waals surface area contributed by atoms with E-state index in [4.69, 9.17) is 0 Å². The topological polar surface area (TPSA) is 54.5 Å². The molecule has 0 saturated heterocycles. The predicted molar refractivity (Wildman–Crippen MR) is 49.4 cm³/mol. The lowest BCUT2D eigenvalue weighted by molar-refractivity contribution is -0.144. The third-order valence-corrected chi connectivity index (χ3v) is 1.87. The minimum atomic E-state index is -4.52. The van der Waals surface area contributed by atoms with Gasteiger partial charge in [-0.05, 0) is 19.1 Å². The highest BCUT2D eigenvalue weighted by Gasteiger charge is 2.35. The van der Waals surface area contributed by atoms with E-state index in [0.717, 1.165) is 0 Å². The molecule has 0 fully saturated rings. The van der Waals surface area contributed by atoms with Crippen LogP contribution in [0.4, 0.5) is 13.2 Å². The number of nitrogens with one attached hydrogen (secondary N) is 1. The van der Waals surface area contributed by atoms with E-state index in [1.165, 1.54) is 0 Å². The molecule has 84 valence electrons. The maximum Gasteiger partial charge on any atom is 0.451 e. The van der Waals surface area contributed by atoms with Crippen molar-refractivity contribution >= 4 is 0 Å². The van der Waals surface area contributed by atoms with Gasteiger partial charge in [0.2, 0.25) is 5.82 Å². The molecule has 0 aliphatic heterocycles. The first kappa shape index (κ1) is 10.6. The number of halogens is 3. The summed E-state index contributed by atoms with van der Waals surface area (Å²) in [6, 6.07) is 4.97. The average Bonchev–Trinajstić information content (AvgIpc) is 2.65. The Bertz CT molecular complexity index is 503. The minimum Gasteiger partial charge on any atom is -0.255 e. The number of aryl methyl sites for hydroxylation is 1. The van der Waals surface area contributed by atoms with Crippen LogP contribution in [0.5, 0.6) is 0 Å². The molecule has 0 aliphatic rings. The molecule has 0 bridgehead atoms. The number of hydrogen-bond donors (Lipinski definition) is 1. The van der Waals surface area contributed by atoms with Crippen molar-refractivity contribution in [2.24, 2.45) is 0 Å². The van der Waals surface area contributed by atoms with Crippen molar-refractivity contribution in [3.8, 4) is 11.5 Å². The van der Waals surface area contributed by atoms with Crippen molar-refractivity contribution < 1.29 is 13.2 Å². The van der Waals surface area contributed by atoms with Crippen molar-refractivity contribution in [3.05, 3.63) is 29.7 Å². The van der Waals surface area contributed by atoms with Gasteiger partial charge in [0.05, 0.1) is 0 Å². The SMILES string of the molecule is Cc1cccc(-c2n[nH]c(C(F)(F)F)n2)n1. The molecule has 0 aliphatic carbocycles. The highest BCUT2D eigenvalue weighted by molar-refractivity contribution is 5.48. The van der Waals surface area contributed by atoms with Gasteiger partial charge in [-0.15, -0.1) is 0 Å². The zero-order chi connectivity index (χ0) is 11.8. The van der Waals surface area contributed by atoms with Crippen molar-refractivity contribution in [2.75, 3.05) is 0 Å². The highest BCUT2D eigenvalue weighted by Crippen LogP contribution is 2.27. The lowest BCUT2D eigenvalue weighted by Crippen LogP contribution is -2.07. The molecular formula is C9H7F3N4. The second-order valence-electron chi connectivity index (χ2n) is 3.17. The quantitative estimate of drug-likeness (QED) is 0.813. The number of H-pyrrole nitrogens is 1. The van der Waals surface area contributed by atoms with Crippen LogP contribution >= 0.6 is 0 Å². The smallest absolute Gasteiger partial charge is 0.255 e. The van der Waals surface area contributed by atoms with Gasteiger partial charge in [-0.3, -0.25) is 5.10 Å². The van der Waals surface area contributed by atoms with Crippen molar-refractivity contribution in [2.45, 2.75) is 13.1 Å². The molecule has 16 heavy (non-hydrogen) atoms. The second-order valence-corrected chi connectivity index (χ2v) is 3.17. The van der Waals surface area contributed by atoms with Crippen LogP contribution in [0, 0.1) is 6.92 Å². The van der Waals surface area contributed by atoms with E-state index in [9.17, 15) is 13.2 Å². The van der Waals surface area contributed by atoms with Gasteiger partial charge in [0.15, 0.2) is 5.82 Å². The molecule has 4 nitrogen and oxygen atoms in total. The summed E-state index contributed by atoms with van der Waals surface area (Å²) in [6.45, 7) is 1.74. The molecule has 0 unspecified atom stereocenters. The van der Waals surface area contributed by atoms with E-state index >= 15 is 0 Å². The zero-order valence-electron chi connectivity index (χ0n) is 8.21. The average molecular weight is 228 g/mol. The summed E-state index contributed by atoms with van der Waals surface area (Å²) >= 11 is 0. The predicted octanol–water partition coefficient (Wildman–Crippen LogP) is 2.19. The number of rotatable bonds is 1. The Balaban J connectivity index is 2.39. The molecule has 1 N–H and O–H groups in total. The summed E-state index contributed by atoms with van der Waals surface area (Å²) in [6.07, 6.45) is -4.52. The fraction of sp³-hybridized carbons (Fsp3) is 0.222. The van der Waals surface area contributed by atoms with Gasteiger partial charge in [0, 0.05) is 5.69 Å². The molecule has 2 rings (SSSR count). The van der Waals surface area contributed by atoms with Crippen LogP contribution in [-0.2, 0) is 6.18 Å². The first-order valence-corrected chi connectivity index (χ1v) is 4.40. The Hall–Kier alpha value is -1.92. The van der Waals surface area contributed by atoms with Crippen LogP contribution in [0.1, 0.15) is 11.5 Å². The van der Waals surface area contributed by atoms with Crippen molar-refractivity contribution in [3.63, 3.8) is 0 Å². The van der Waals surface area contributed by atoms with Gasteiger partial charge in [-0.25, -0.2) is 9.97 Å². The van der Waals surface area contributed by atoms with Gasteiger partial charge in [0.25, 0.3) is 0 Å². The molecule has 0 amide bonds. The van der Waals surface area contributed by atoms with Crippen LogP contribution in [-0.4, -0.2) is 20.2 Å². The second kappa shape index (κ2) is 3.58. The molecule has 0 atom stereocenters. The molecular weight excluding hydrogens is 221 g/mol. The lowest BCUT2D eigenvalue weighted by Gasteiger charge is -1.98. The summed E-state index contributed by atoms with van der Waals surface area (Å²) in [5, 5.41) is 5.31. The van der Waals surface area contributed by atoms with E-state index in [0.29, 0.717) is 11.4 Å². The van der Waals surface area contributed by atoms with Gasteiger partial charge >= 0.3 is 6.18 Å². The van der Waals surface area contributed by atoms with Gasteiger partial charge in [-0.2, -0.15) is 18.3 Å². The Labute approximate surface area is 88.6 Å². The van der Waals surface area contributed by atoms with Crippen LogP contribution in [0.15, 0.2) is 18.2 Å². The molecule has 2 heterocycles. The molecule has 0 spiro atoms. The Kier molecular flexibility index (Phi) is 2.37. The zero-order valence-corrected chi connectivity index (χ0v) is 8.21. The monoisotopic (exact) mass is 228 g/mol. The highest BCUT2D eigenvalue weighted by atomic mass is 19.4. The largest absolute Gasteiger partial charge is 0.451 e. The van der Waals surface area contributed by atoms with Crippen LogP contribution < -0.4 is 0 Å². The summed E-state index contributed by atoms with van der Waals surface area (Å²) in [5.41, 5.74) is 1.00. The Morgan fingerprint density at radius 3 is 2.50 bits per heavy atom. The van der Waals surface area contributed by atoms with Gasteiger partial charge in [-0.1, -0.05) is 6.07 Å². The van der Waals surface area contributed by atoms with E-state index < -0.39 is 12.0 Å². The number of alkyl halides is 3. The molecule has 2 aromatic rings. The van der Waals surface area contributed by atoms with Crippen LogP contribution in [0.3, 0.4) is 0 Å². The fourth-order valence-corrected chi connectivity index (χ4v) is 1.17. The first-order chi connectivity index (χ1) is 7.47. The van der Waals surface area contributed by atoms with Gasteiger partial charge < -0.3 is 0 Å². The first-order valence-electron chi connectivity index (χ1n) is 4.40. The Morgan fingerprint density at radius 2 is 1.94 bits per heavy atom. The third-order valence-electron chi connectivity index (χ3n) is 1.87. The normalized spacial score (nSPS) is 11.8. The molecule has 0 aromatic carbocycles. The molecule has 7 heteroatoms. The van der Waals surface area contributed by atoms with Gasteiger partial charge in [0.1, 0.15) is 5.69 Å². The molecule has 0 saturated carbocycles. The summed E-state index contributed by atoms with van der Waals surface area (Å²) in [7, 11) is 0. The third kappa shape index (κ3) is 2.02. The fourth-order valence-electron chi connectivity index (χ4n) is 1.17. The van der Waals surface area contributed by atoms with Crippen molar-refractivity contribution in [1.82, 2.24) is 20.2 Å². The Morgan fingerprint density at radius 1 is 1.19 bits per heavy atom. The maximum absolute atomic E-state index is 12.2. The number of aromatic amines is 1. The number of aromatic nitrogens is 4.